The van der Waals surface area contributed by atoms with Crippen LogP contribution in [0.2, 0.25) is 0 Å². The van der Waals surface area contributed by atoms with Gasteiger partial charge in [-0.25, -0.2) is 10.1 Å². The van der Waals surface area contributed by atoms with Crippen LogP contribution in [0, 0.1) is 4.77 Å². The number of hydrogen-bond acceptors (Lipinski definition) is 7. The molecule has 1 aromatic heterocycles. The van der Waals surface area contributed by atoms with Crippen LogP contribution in [-0.4, -0.2) is 49.1 Å². The lowest BCUT2D eigenvalue weighted by atomic mass is 9.96. The third kappa shape index (κ3) is 3.53. The van der Waals surface area contributed by atoms with Gasteiger partial charge in [-0.3, -0.25) is 18.9 Å². The third-order valence-electron chi connectivity index (χ3n) is 3.28. The second kappa shape index (κ2) is 5.95. The average molecular weight is 353 g/mol. The summed E-state index contributed by atoms with van der Waals surface area (Å²) in [5.74, 6) is 0. The Balaban J connectivity index is 2.28. The van der Waals surface area contributed by atoms with E-state index >= 15 is 0 Å². The van der Waals surface area contributed by atoms with Gasteiger partial charge in [0.15, 0.2) is 11.0 Å². The molecule has 1 saturated heterocycles. The van der Waals surface area contributed by atoms with Crippen molar-refractivity contribution in [1.82, 2.24) is 9.55 Å². The molecule has 1 fully saturated rings. The Morgan fingerprint density at radius 1 is 1.68 bits per heavy atom. The molecule has 2 heterocycles. The van der Waals surface area contributed by atoms with Crippen molar-refractivity contribution in [2.75, 3.05) is 6.61 Å². The number of aromatic nitrogens is 2. The van der Waals surface area contributed by atoms with Gasteiger partial charge in [0, 0.05) is 12.3 Å². The molecular weight excluding hydrogens is 337 g/mol. The molecule has 124 valence electrons. The van der Waals surface area contributed by atoms with Crippen molar-refractivity contribution in [3.05, 3.63) is 27.4 Å². The summed E-state index contributed by atoms with van der Waals surface area (Å²) in [5, 5.41) is 20.5. The second-order valence-electron chi connectivity index (χ2n) is 5.07. The number of hydrogen-bond donors (Lipinski definition) is 5. The predicted octanol–water partition coefficient (Wildman–Crippen LogP) is -1.01. The Morgan fingerprint density at radius 3 is 2.86 bits per heavy atom. The Bertz CT molecular complexity index is 711. The van der Waals surface area contributed by atoms with Gasteiger partial charge in [-0.05, 0) is 19.1 Å². The molecule has 22 heavy (non-hydrogen) atoms. The van der Waals surface area contributed by atoms with E-state index in [-0.39, 0.29) is 4.77 Å². The lowest BCUT2D eigenvalue weighted by Crippen LogP contribution is -2.44. The molecule has 1 aliphatic heterocycles. The SMILES string of the molecule is C[C@@]1(O)[C@H](O)[C@@H](COP(N)(=O)O)O[C@H]1n1ccc(=O)[nH]c1=S. The lowest BCUT2D eigenvalue weighted by Gasteiger charge is -2.27. The van der Waals surface area contributed by atoms with Gasteiger partial charge in [0.1, 0.15) is 17.8 Å². The fourth-order valence-corrected chi connectivity index (χ4v) is 2.79. The molecule has 5 atom stereocenters. The summed E-state index contributed by atoms with van der Waals surface area (Å²) in [6.45, 7) is 0.797. The molecule has 6 N–H and O–H groups in total. The van der Waals surface area contributed by atoms with Gasteiger partial charge in [-0.2, -0.15) is 0 Å². The van der Waals surface area contributed by atoms with Crippen LogP contribution in [0.3, 0.4) is 0 Å². The fourth-order valence-electron chi connectivity index (χ4n) is 2.17. The van der Waals surface area contributed by atoms with E-state index in [1.807, 2.05) is 0 Å². The molecule has 0 spiro atoms. The minimum absolute atomic E-state index is 0.0156. The van der Waals surface area contributed by atoms with Crippen molar-refractivity contribution in [3.8, 4) is 0 Å². The Morgan fingerprint density at radius 2 is 2.32 bits per heavy atom. The highest BCUT2D eigenvalue weighted by atomic mass is 32.1. The first-order valence-electron chi connectivity index (χ1n) is 6.15. The van der Waals surface area contributed by atoms with Gasteiger partial charge < -0.3 is 19.8 Å². The largest absolute Gasteiger partial charge is 0.400 e. The summed E-state index contributed by atoms with van der Waals surface area (Å²) < 4.78 is 22.1. The predicted molar refractivity (Wildman–Crippen MR) is 76.4 cm³/mol. The third-order valence-corrected chi connectivity index (χ3v) is 4.11. The van der Waals surface area contributed by atoms with E-state index in [1.165, 1.54) is 23.8 Å². The molecule has 10 nitrogen and oxygen atoms in total. The molecule has 0 aromatic carbocycles. The average Bonchev–Trinajstić information content (AvgIpc) is 2.59. The lowest BCUT2D eigenvalue weighted by molar-refractivity contribution is -0.0976. The first-order chi connectivity index (χ1) is 10.0. The number of aromatic amines is 1. The van der Waals surface area contributed by atoms with E-state index in [0.29, 0.717) is 0 Å². The molecule has 2 rings (SSSR count). The highest BCUT2D eigenvalue weighted by molar-refractivity contribution is 7.71. The minimum atomic E-state index is -4.24. The normalized spacial score (nSPS) is 34.5. The van der Waals surface area contributed by atoms with Crippen LogP contribution < -0.4 is 11.1 Å². The van der Waals surface area contributed by atoms with Crippen LogP contribution in [0.25, 0.3) is 0 Å². The number of aliphatic hydroxyl groups excluding tert-OH is 1. The monoisotopic (exact) mass is 353 g/mol. The molecule has 1 aliphatic rings. The first kappa shape index (κ1) is 17.4. The molecule has 0 aliphatic carbocycles. The maximum Gasteiger partial charge on any atom is 0.400 e. The van der Waals surface area contributed by atoms with Gasteiger partial charge in [0.05, 0.1) is 6.61 Å². The van der Waals surface area contributed by atoms with Crippen LogP contribution in [0.1, 0.15) is 13.2 Å². The highest BCUT2D eigenvalue weighted by Crippen LogP contribution is 2.40. The maximum absolute atomic E-state index is 11.2. The number of rotatable bonds is 4. The second-order valence-corrected chi connectivity index (χ2v) is 6.85. The van der Waals surface area contributed by atoms with E-state index < -0.39 is 43.9 Å². The van der Waals surface area contributed by atoms with Gasteiger partial charge in [0.2, 0.25) is 0 Å². The molecule has 0 saturated carbocycles. The van der Waals surface area contributed by atoms with Crippen molar-refractivity contribution in [2.24, 2.45) is 5.50 Å². The maximum atomic E-state index is 11.2. The number of ether oxygens (including phenoxy) is 1. The van der Waals surface area contributed by atoms with E-state index in [2.05, 4.69) is 9.51 Å². The number of nitrogens with one attached hydrogen (secondary N) is 1. The Hall–Kier alpha value is -0.910. The summed E-state index contributed by atoms with van der Waals surface area (Å²) in [4.78, 5) is 22.4. The number of aliphatic hydroxyl groups is 2. The van der Waals surface area contributed by atoms with Crippen molar-refractivity contribution in [1.29, 1.82) is 0 Å². The first-order valence-corrected chi connectivity index (χ1v) is 8.21. The highest BCUT2D eigenvalue weighted by Gasteiger charge is 2.53. The van der Waals surface area contributed by atoms with E-state index in [0.717, 1.165) is 0 Å². The minimum Gasteiger partial charge on any atom is -0.387 e. The Labute approximate surface area is 129 Å². The molecule has 1 unspecified atom stereocenters. The topological polar surface area (TPSA) is 160 Å². The molecular formula is C10H16N3O7PS. The summed E-state index contributed by atoms with van der Waals surface area (Å²) in [5.41, 5.74) is 2.63. The van der Waals surface area contributed by atoms with Crippen LogP contribution in [-0.2, 0) is 13.8 Å². The summed E-state index contributed by atoms with van der Waals surface area (Å²) in [6.07, 6.45) is -2.37. The van der Waals surface area contributed by atoms with E-state index in [1.54, 1.807) is 0 Å². The smallest absolute Gasteiger partial charge is 0.387 e. The van der Waals surface area contributed by atoms with Crippen molar-refractivity contribution < 1.29 is 28.9 Å². The van der Waals surface area contributed by atoms with Crippen LogP contribution in [0.4, 0.5) is 0 Å². The molecule has 12 heteroatoms. The summed E-state index contributed by atoms with van der Waals surface area (Å²) >= 11 is 4.98. The quantitative estimate of drug-likeness (QED) is 0.337. The summed E-state index contributed by atoms with van der Waals surface area (Å²) in [6, 6.07) is 1.17. The van der Waals surface area contributed by atoms with Gasteiger partial charge >= 0.3 is 7.75 Å². The van der Waals surface area contributed by atoms with E-state index in [4.69, 9.17) is 27.4 Å². The van der Waals surface area contributed by atoms with Gasteiger partial charge in [-0.15, -0.1) is 0 Å². The van der Waals surface area contributed by atoms with Crippen LogP contribution in [0.15, 0.2) is 17.1 Å². The van der Waals surface area contributed by atoms with Crippen LogP contribution >= 0.6 is 20.0 Å². The number of nitrogens with zero attached hydrogens (tertiary/aromatic N) is 1. The molecule has 0 bridgehead atoms. The summed E-state index contributed by atoms with van der Waals surface area (Å²) in [7, 11) is -4.24. The molecule has 0 amide bonds. The van der Waals surface area contributed by atoms with Crippen molar-refractivity contribution in [2.45, 2.75) is 31.0 Å². The zero-order valence-corrected chi connectivity index (χ0v) is 13.2. The van der Waals surface area contributed by atoms with Crippen LogP contribution in [0.5, 0.6) is 0 Å². The zero-order chi connectivity index (χ0) is 16.7. The van der Waals surface area contributed by atoms with Gasteiger partial charge in [-0.1, -0.05) is 0 Å². The van der Waals surface area contributed by atoms with Gasteiger partial charge in [0.25, 0.3) is 5.56 Å². The molecule has 0 radical (unpaired) electrons. The molecule has 1 aromatic rings. The zero-order valence-electron chi connectivity index (χ0n) is 11.4. The fraction of sp³-hybridized carbons (Fsp3) is 0.600. The number of H-pyrrole nitrogens is 1. The van der Waals surface area contributed by atoms with Crippen molar-refractivity contribution >= 4 is 20.0 Å². The standard InChI is InChI=1S/C10H16N3O7PS/c1-10(16)7(15)5(4-19-21(11,17)18)20-8(10)13-3-2-6(14)12-9(13)22/h2-3,5,7-8,15-16H,4H2,1H3,(H3,11,17,18)(H,12,14,22)/t5-,7-,8-,10-/m1/s1. The van der Waals surface area contributed by atoms with E-state index in [9.17, 15) is 19.6 Å². The Kier molecular flexibility index (Phi) is 4.71. The number of nitrogens with two attached hydrogens (primary N) is 1. The van der Waals surface area contributed by atoms with Crippen molar-refractivity contribution in [3.63, 3.8) is 0 Å².